The number of carbonyl (C=O) groups is 2. The van der Waals surface area contributed by atoms with E-state index < -0.39 is 5.30 Å². The first kappa shape index (κ1) is 13.6. The molecule has 14 heavy (non-hydrogen) atoms. The minimum absolute atomic E-state index is 0.170. The fourth-order valence-corrected chi connectivity index (χ4v) is 1.89. The quantitative estimate of drug-likeness (QED) is 0.402. The maximum atomic E-state index is 11.0. The van der Waals surface area contributed by atoms with Gasteiger partial charge >= 0.3 is 11.3 Å². The second-order valence-corrected chi connectivity index (χ2v) is 4.61. The molecule has 6 heteroatoms. The summed E-state index contributed by atoms with van der Waals surface area (Å²) in [5, 5.41) is -0.406. The van der Waals surface area contributed by atoms with Crippen LogP contribution in [0.4, 0.5) is 4.79 Å². The van der Waals surface area contributed by atoms with E-state index in [1.54, 1.807) is 0 Å². The zero-order valence-corrected chi connectivity index (χ0v) is 9.91. The SMILES string of the molecule is CCCCOC(=O)CSSC(=O)OC. The maximum absolute atomic E-state index is 11.0. The monoisotopic (exact) mass is 238 g/mol. The number of ether oxygens (including phenoxy) is 2. The number of rotatable bonds is 6. The molecule has 0 N–H and O–H groups in total. The van der Waals surface area contributed by atoms with Crippen molar-refractivity contribution in [3.63, 3.8) is 0 Å². The molecule has 0 fully saturated rings. The molecule has 82 valence electrons. The van der Waals surface area contributed by atoms with Crippen LogP contribution in [0.15, 0.2) is 0 Å². The predicted molar refractivity (Wildman–Crippen MR) is 58.3 cm³/mol. The lowest BCUT2D eigenvalue weighted by molar-refractivity contribution is -0.140. The van der Waals surface area contributed by atoms with Gasteiger partial charge in [0, 0.05) is 10.8 Å². The maximum Gasteiger partial charge on any atom is 0.377 e. The highest BCUT2D eigenvalue weighted by molar-refractivity contribution is 8.82. The molecule has 0 atom stereocenters. The molecule has 0 heterocycles. The third-order valence-electron chi connectivity index (χ3n) is 1.23. The van der Waals surface area contributed by atoms with E-state index in [1.807, 2.05) is 6.92 Å². The zero-order valence-electron chi connectivity index (χ0n) is 8.28. The van der Waals surface area contributed by atoms with E-state index in [0.717, 1.165) is 34.4 Å². The largest absolute Gasteiger partial charge is 0.465 e. The Morgan fingerprint density at radius 2 is 2.07 bits per heavy atom. The molecule has 0 saturated heterocycles. The van der Waals surface area contributed by atoms with Crippen molar-refractivity contribution < 1.29 is 19.1 Å². The Hall–Kier alpha value is -0.360. The topological polar surface area (TPSA) is 52.6 Å². The Morgan fingerprint density at radius 1 is 1.36 bits per heavy atom. The number of hydrogen-bond donors (Lipinski definition) is 0. The van der Waals surface area contributed by atoms with Crippen LogP contribution in [-0.4, -0.2) is 30.7 Å². The molecule has 0 spiro atoms. The van der Waals surface area contributed by atoms with Crippen molar-refractivity contribution in [3.8, 4) is 0 Å². The Morgan fingerprint density at radius 3 is 2.64 bits per heavy atom. The molecule has 4 nitrogen and oxygen atoms in total. The average Bonchev–Trinajstić information content (AvgIpc) is 2.18. The first-order chi connectivity index (χ1) is 6.70. The fourth-order valence-electron chi connectivity index (χ4n) is 0.532. The average molecular weight is 238 g/mol. The van der Waals surface area contributed by atoms with E-state index in [2.05, 4.69) is 4.74 Å². The van der Waals surface area contributed by atoms with E-state index >= 15 is 0 Å². The van der Waals surface area contributed by atoms with Crippen molar-refractivity contribution in [2.45, 2.75) is 19.8 Å². The second kappa shape index (κ2) is 9.21. The van der Waals surface area contributed by atoms with Gasteiger partial charge in [0.1, 0.15) is 5.75 Å². The Balaban J connectivity index is 3.31. The van der Waals surface area contributed by atoms with Crippen LogP contribution in [0.2, 0.25) is 0 Å². The minimum atomic E-state index is -0.406. The van der Waals surface area contributed by atoms with Gasteiger partial charge in [0.2, 0.25) is 0 Å². The van der Waals surface area contributed by atoms with Crippen LogP contribution in [0.3, 0.4) is 0 Å². The van der Waals surface area contributed by atoms with Gasteiger partial charge in [-0.05, 0) is 6.42 Å². The van der Waals surface area contributed by atoms with Crippen LogP contribution >= 0.6 is 21.6 Å². The molecule has 0 radical (unpaired) electrons. The van der Waals surface area contributed by atoms with Gasteiger partial charge in [0.05, 0.1) is 13.7 Å². The Labute approximate surface area is 91.5 Å². The highest BCUT2D eigenvalue weighted by Crippen LogP contribution is 2.22. The van der Waals surface area contributed by atoms with Gasteiger partial charge in [-0.25, -0.2) is 4.79 Å². The van der Waals surface area contributed by atoms with Crippen LogP contribution in [0.5, 0.6) is 0 Å². The van der Waals surface area contributed by atoms with Gasteiger partial charge in [-0.1, -0.05) is 24.1 Å². The molecule has 0 aliphatic rings. The molecule has 0 unspecified atom stereocenters. The summed E-state index contributed by atoms with van der Waals surface area (Å²) in [4.78, 5) is 21.6. The third-order valence-corrected chi connectivity index (χ3v) is 3.12. The molecule has 0 aromatic rings. The number of carbonyl (C=O) groups excluding carboxylic acids is 2. The molecule has 0 aromatic carbocycles. The minimum Gasteiger partial charge on any atom is -0.465 e. The van der Waals surface area contributed by atoms with Crippen LogP contribution in [0.25, 0.3) is 0 Å². The highest BCUT2D eigenvalue weighted by atomic mass is 33.1. The fraction of sp³-hybridized carbons (Fsp3) is 0.750. The normalized spacial score (nSPS) is 9.57. The van der Waals surface area contributed by atoms with Gasteiger partial charge in [0.15, 0.2) is 0 Å². The van der Waals surface area contributed by atoms with E-state index in [9.17, 15) is 9.59 Å². The summed E-state index contributed by atoms with van der Waals surface area (Å²) < 4.78 is 9.25. The summed E-state index contributed by atoms with van der Waals surface area (Å²) in [6.45, 7) is 2.48. The van der Waals surface area contributed by atoms with Gasteiger partial charge in [-0.3, -0.25) is 4.79 Å². The lowest BCUT2D eigenvalue weighted by Crippen LogP contribution is -2.07. The van der Waals surface area contributed by atoms with E-state index in [4.69, 9.17) is 4.74 Å². The van der Waals surface area contributed by atoms with E-state index in [-0.39, 0.29) is 11.7 Å². The van der Waals surface area contributed by atoms with Gasteiger partial charge in [-0.2, -0.15) is 0 Å². The summed E-state index contributed by atoms with van der Waals surface area (Å²) in [7, 11) is 3.32. The first-order valence-corrected chi connectivity index (χ1v) is 6.55. The van der Waals surface area contributed by atoms with Gasteiger partial charge in [0.25, 0.3) is 0 Å². The standard InChI is InChI=1S/C8H14O4S2/c1-3-4-5-12-7(9)6-13-14-8(10)11-2/h3-6H2,1-2H3. The highest BCUT2D eigenvalue weighted by Gasteiger charge is 2.06. The summed E-state index contributed by atoms with van der Waals surface area (Å²) in [6.07, 6.45) is 1.87. The molecular weight excluding hydrogens is 224 g/mol. The number of esters is 1. The summed E-state index contributed by atoms with van der Waals surface area (Å²) >= 11 is 0. The molecule has 0 saturated carbocycles. The van der Waals surface area contributed by atoms with Gasteiger partial charge in [-0.15, -0.1) is 0 Å². The molecule has 0 rings (SSSR count). The first-order valence-electron chi connectivity index (χ1n) is 4.23. The van der Waals surface area contributed by atoms with Crippen LogP contribution in [0, 0.1) is 0 Å². The third kappa shape index (κ3) is 8.25. The number of unbranched alkanes of at least 4 members (excludes halogenated alkanes) is 1. The molecule has 0 aliphatic carbocycles. The molecule has 0 amide bonds. The summed E-state index contributed by atoms with van der Waals surface area (Å²) in [5.41, 5.74) is 0. The lowest BCUT2D eigenvalue weighted by Gasteiger charge is -2.02. The van der Waals surface area contributed by atoms with Crippen LogP contribution in [-0.2, 0) is 14.3 Å². The van der Waals surface area contributed by atoms with Crippen molar-refractivity contribution in [2.75, 3.05) is 19.5 Å². The van der Waals surface area contributed by atoms with Crippen LogP contribution in [0.1, 0.15) is 19.8 Å². The Bertz CT molecular complexity index is 184. The van der Waals surface area contributed by atoms with Crippen molar-refractivity contribution in [1.29, 1.82) is 0 Å². The summed E-state index contributed by atoms with van der Waals surface area (Å²) in [5.74, 6) is -0.122. The second-order valence-electron chi connectivity index (χ2n) is 2.37. The van der Waals surface area contributed by atoms with Gasteiger partial charge < -0.3 is 9.47 Å². The number of methoxy groups -OCH3 is 1. The lowest BCUT2D eigenvalue weighted by atomic mass is 10.4. The van der Waals surface area contributed by atoms with Crippen LogP contribution < -0.4 is 0 Å². The van der Waals surface area contributed by atoms with Crippen molar-refractivity contribution in [3.05, 3.63) is 0 Å². The Kier molecular flexibility index (Phi) is 8.97. The van der Waals surface area contributed by atoms with Crippen molar-refractivity contribution in [2.24, 2.45) is 0 Å². The zero-order chi connectivity index (χ0) is 10.8. The number of hydrogen-bond acceptors (Lipinski definition) is 6. The van der Waals surface area contributed by atoms with Crippen molar-refractivity contribution >= 4 is 32.9 Å². The van der Waals surface area contributed by atoms with Crippen molar-refractivity contribution in [1.82, 2.24) is 0 Å². The summed E-state index contributed by atoms with van der Waals surface area (Å²) in [6, 6.07) is 0. The smallest absolute Gasteiger partial charge is 0.377 e. The predicted octanol–water partition coefficient (Wildman–Crippen LogP) is 2.48. The molecule has 0 bridgehead atoms. The molecular formula is C8H14O4S2. The molecule has 0 aliphatic heterocycles. The van der Waals surface area contributed by atoms with E-state index in [1.165, 1.54) is 7.11 Å². The molecule has 0 aromatic heterocycles. The van der Waals surface area contributed by atoms with E-state index in [0.29, 0.717) is 6.61 Å².